The Morgan fingerprint density at radius 2 is 2.17 bits per heavy atom. The Bertz CT molecular complexity index is 741. The van der Waals surface area contributed by atoms with Gasteiger partial charge in [-0.05, 0) is 37.8 Å². The minimum atomic E-state index is -0.311. The van der Waals surface area contributed by atoms with Gasteiger partial charge in [0, 0.05) is 31.0 Å². The zero-order chi connectivity index (χ0) is 16.5. The standard InChI is InChI=1S/C16H21N5O2S/c22-21(23)15-9-12(11-24-15)10-19-7-4-5-13(19)16-18-17-14-6-2-1-3-8-20(14)16/h9,11,13H,1-8,10H2/t13-/m0/s1. The number of hydrogen-bond donors (Lipinski definition) is 0. The quantitative estimate of drug-likeness (QED) is 0.626. The fraction of sp³-hybridized carbons (Fsp3) is 0.625. The third-order valence-electron chi connectivity index (χ3n) is 5.01. The Hall–Kier alpha value is -1.80. The van der Waals surface area contributed by atoms with E-state index in [0.717, 1.165) is 56.1 Å². The highest BCUT2D eigenvalue weighted by Crippen LogP contribution is 2.34. The van der Waals surface area contributed by atoms with Crippen molar-refractivity contribution in [2.45, 2.75) is 57.7 Å². The molecule has 2 aliphatic rings. The zero-order valence-corrected chi connectivity index (χ0v) is 14.4. The van der Waals surface area contributed by atoms with Crippen LogP contribution in [0.25, 0.3) is 0 Å². The van der Waals surface area contributed by atoms with Crippen molar-refractivity contribution >= 4 is 16.3 Å². The molecule has 4 heterocycles. The fourth-order valence-electron chi connectivity index (χ4n) is 3.84. The molecule has 1 atom stereocenters. The van der Waals surface area contributed by atoms with Gasteiger partial charge in [-0.15, -0.1) is 10.2 Å². The van der Waals surface area contributed by atoms with Crippen molar-refractivity contribution in [1.29, 1.82) is 0 Å². The summed E-state index contributed by atoms with van der Waals surface area (Å²) in [6, 6.07) is 1.98. The first-order chi connectivity index (χ1) is 11.7. The molecule has 24 heavy (non-hydrogen) atoms. The molecule has 8 heteroatoms. The zero-order valence-electron chi connectivity index (χ0n) is 13.6. The third kappa shape index (κ3) is 2.95. The first kappa shape index (κ1) is 15.7. The molecule has 0 radical (unpaired) electrons. The normalized spacial score (nSPS) is 21.6. The van der Waals surface area contributed by atoms with E-state index in [1.807, 2.05) is 5.38 Å². The van der Waals surface area contributed by atoms with Gasteiger partial charge < -0.3 is 4.57 Å². The van der Waals surface area contributed by atoms with Crippen molar-refractivity contribution in [3.05, 3.63) is 38.8 Å². The van der Waals surface area contributed by atoms with E-state index in [9.17, 15) is 10.1 Å². The Kier molecular flexibility index (Phi) is 4.32. The highest BCUT2D eigenvalue weighted by atomic mass is 32.1. The average molecular weight is 347 g/mol. The molecule has 2 aromatic heterocycles. The van der Waals surface area contributed by atoms with E-state index in [0.29, 0.717) is 0 Å². The molecule has 0 bridgehead atoms. The van der Waals surface area contributed by atoms with Gasteiger partial charge in [-0.2, -0.15) is 0 Å². The Balaban J connectivity index is 1.54. The number of likely N-dealkylation sites (tertiary alicyclic amines) is 1. The molecule has 4 rings (SSSR count). The summed E-state index contributed by atoms with van der Waals surface area (Å²) in [6.45, 7) is 2.78. The predicted octanol–water partition coefficient (Wildman–Crippen LogP) is 3.31. The van der Waals surface area contributed by atoms with Crippen molar-refractivity contribution in [2.24, 2.45) is 0 Å². The summed E-state index contributed by atoms with van der Waals surface area (Å²) in [7, 11) is 0. The lowest BCUT2D eigenvalue weighted by Crippen LogP contribution is -2.25. The van der Waals surface area contributed by atoms with E-state index < -0.39 is 0 Å². The van der Waals surface area contributed by atoms with Crippen molar-refractivity contribution in [3.63, 3.8) is 0 Å². The van der Waals surface area contributed by atoms with Crippen molar-refractivity contribution < 1.29 is 4.92 Å². The molecule has 0 spiro atoms. The Labute approximate surface area is 144 Å². The average Bonchev–Trinajstić information content (AvgIpc) is 3.25. The van der Waals surface area contributed by atoms with Gasteiger partial charge in [-0.25, -0.2) is 0 Å². The maximum Gasteiger partial charge on any atom is 0.324 e. The number of thiophene rings is 1. The summed E-state index contributed by atoms with van der Waals surface area (Å²) in [4.78, 5) is 13.0. The van der Waals surface area contributed by atoms with Crippen LogP contribution in [0, 0.1) is 10.1 Å². The van der Waals surface area contributed by atoms with Gasteiger partial charge >= 0.3 is 5.00 Å². The number of nitrogens with zero attached hydrogens (tertiary/aromatic N) is 5. The molecule has 128 valence electrons. The summed E-state index contributed by atoms with van der Waals surface area (Å²) in [6.07, 6.45) is 6.90. The summed E-state index contributed by atoms with van der Waals surface area (Å²) < 4.78 is 2.33. The molecular weight excluding hydrogens is 326 g/mol. The van der Waals surface area contributed by atoms with Crippen LogP contribution in [0.4, 0.5) is 5.00 Å². The number of nitro groups is 1. The van der Waals surface area contributed by atoms with Gasteiger partial charge in [0.15, 0.2) is 0 Å². The predicted molar refractivity (Wildman–Crippen MR) is 90.9 cm³/mol. The largest absolute Gasteiger partial charge is 0.324 e. The van der Waals surface area contributed by atoms with Crippen LogP contribution in [0.1, 0.15) is 55.4 Å². The first-order valence-corrected chi connectivity index (χ1v) is 9.48. The van der Waals surface area contributed by atoms with Crippen LogP contribution in [0.3, 0.4) is 0 Å². The molecule has 0 amide bonds. The lowest BCUT2D eigenvalue weighted by Gasteiger charge is -2.24. The van der Waals surface area contributed by atoms with E-state index in [2.05, 4.69) is 19.7 Å². The molecule has 2 aliphatic heterocycles. The molecule has 7 nitrogen and oxygen atoms in total. The van der Waals surface area contributed by atoms with Crippen LogP contribution < -0.4 is 0 Å². The topological polar surface area (TPSA) is 77.1 Å². The minimum absolute atomic E-state index is 0.220. The number of aromatic nitrogens is 3. The van der Waals surface area contributed by atoms with Crippen LogP contribution in [0.15, 0.2) is 11.4 Å². The van der Waals surface area contributed by atoms with E-state index in [4.69, 9.17) is 0 Å². The summed E-state index contributed by atoms with van der Waals surface area (Å²) in [5.74, 6) is 2.22. The van der Waals surface area contributed by atoms with E-state index in [1.165, 1.54) is 30.6 Å². The molecule has 2 aromatic rings. The van der Waals surface area contributed by atoms with Crippen molar-refractivity contribution in [3.8, 4) is 0 Å². The van der Waals surface area contributed by atoms with Gasteiger partial charge in [-0.3, -0.25) is 15.0 Å². The van der Waals surface area contributed by atoms with E-state index in [-0.39, 0.29) is 16.0 Å². The molecule has 0 aromatic carbocycles. The summed E-state index contributed by atoms with van der Waals surface area (Å²) in [5, 5.41) is 21.9. The smallest absolute Gasteiger partial charge is 0.314 e. The van der Waals surface area contributed by atoms with E-state index >= 15 is 0 Å². The highest BCUT2D eigenvalue weighted by molar-refractivity contribution is 7.13. The summed E-state index contributed by atoms with van der Waals surface area (Å²) >= 11 is 1.21. The highest BCUT2D eigenvalue weighted by Gasteiger charge is 2.31. The lowest BCUT2D eigenvalue weighted by molar-refractivity contribution is -0.380. The van der Waals surface area contributed by atoms with Gasteiger partial charge in [0.25, 0.3) is 0 Å². The van der Waals surface area contributed by atoms with Crippen LogP contribution >= 0.6 is 11.3 Å². The molecule has 0 unspecified atom stereocenters. The number of fused-ring (bicyclic) bond motifs is 1. The van der Waals surface area contributed by atoms with E-state index in [1.54, 1.807) is 6.07 Å². The number of aryl methyl sites for hydroxylation is 1. The summed E-state index contributed by atoms with van der Waals surface area (Å²) in [5.41, 5.74) is 1.02. The lowest BCUT2D eigenvalue weighted by atomic mass is 10.2. The van der Waals surface area contributed by atoms with Gasteiger partial charge in [0.2, 0.25) is 0 Å². The van der Waals surface area contributed by atoms with Crippen LogP contribution in [-0.2, 0) is 19.5 Å². The SMILES string of the molecule is O=[N+]([O-])c1cc(CN2CCC[C@H]2c2nnc3n2CCCCC3)cs1. The van der Waals surface area contributed by atoms with Gasteiger partial charge in [0.1, 0.15) is 11.6 Å². The van der Waals surface area contributed by atoms with Gasteiger partial charge in [-0.1, -0.05) is 17.8 Å². The molecule has 1 saturated heterocycles. The molecule has 0 N–H and O–H groups in total. The van der Waals surface area contributed by atoms with Gasteiger partial charge in [0.05, 0.1) is 11.0 Å². The van der Waals surface area contributed by atoms with Crippen LogP contribution in [-0.4, -0.2) is 31.1 Å². The van der Waals surface area contributed by atoms with Crippen LogP contribution in [0.2, 0.25) is 0 Å². The second kappa shape index (κ2) is 6.60. The monoisotopic (exact) mass is 347 g/mol. The van der Waals surface area contributed by atoms with Crippen molar-refractivity contribution in [2.75, 3.05) is 6.54 Å². The molecule has 0 saturated carbocycles. The third-order valence-corrected chi connectivity index (χ3v) is 5.93. The molecule has 1 fully saturated rings. The number of rotatable bonds is 4. The number of hydrogen-bond acceptors (Lipinski definition) is 6. The molecular formula is C16H21N5O2S. The maximum absolute atomic E-state index is 10.9. The second-order valence-electron chi connectivity index (χ2n) is 6.62. The van der Waals surface area contributed by atoms with Crippen LogP contribution in [0.5, 0.6) is 0 Å². The molecule has 0 aliphatic carbocycles. The first-order valence-electron chi connectivity index (χ1n) is 8.60. The van der Waals surface area contributed by atoms with Crippen molar-refractivity contribution in [1.82, 2.24) is 19.7 Å². The fourth-order valence-corrected chi connectivity index (χ4v) is 4.56. The Morgan fingerprint density at radius 1 is 1.25 bits per heavy atom. The minimum Gasteiger partial charge on any atom is -0.314 e. The second-order valence-corrected chi connectivity index (χ2v) is 7.51. The Morgan fingerprint density at radius 3 is 3.00 bits per heavy atom. The maximum atomic E-state index is 10.9.